The molecule has 0 aromatic rings. The molecule has 0 saturated heterocycles. The molecule has 0 spiro atoms. The van der Waals surface area contributed by atoms with E-state index in [1.54, 1.807) is 0 Å². The summed E-state index contributed by atoms with van der Waals surface area (Å²) in [6.07, 6.45) is 75.1. The van der Waals surface area contributed by atoms with Gasteiger partial charge in [0.15, 0.2) is 6.10 Å². The SMILES string of the molecule is CCCCCCCC/C=C\CCCCCCCC(=O)OCC(COC(=O)CCCCCCCCCCCCCCCCCCCCCCCCCC)OC(=O)CCCCCCCCCCCCCCCCCCC. The fraction of sp³-hybridized carbons (Fsp3) is 0.926. The van der Waals surface area contributed by atoms with Gasteiger partial charge in [-0.2, -0.15) is 0 Å². The van der Waals surface area contributed by atoms with Gasteiger partial charge in [-0.05, 0) is 44.9 Å². The Morgan fingerprint density at radius 3 is 0.676 bits per heavy atom. The Hall–Kier alpha value is -1.85. The van der Waals surface area contributed by atoms with Crippen LogP contribution in [0.2, 0.25) is 0 Å². The average molecular weight is 1040 g/mol. The van der Waals surface area contributed by atoms with Crippen LogP contribution in [0.3, 0.4) is 0 Å². The van der Waals surface area contributed by atoms with Gasteiger partial charge in [0.1, 0.15) is 13.2 Å². The first-order chi connectivity index (χ1) is 36.5. The molecule has 0 aliphatic carbocycles. The lowest BCUT2D eigenvalue weighted by Crippen LogP contribution is -2.30. The van der Waals surface area contributed by atoms with Crippen LogP contribution >= 0.6 is 0 Å². The number of hydrogen-bond donors (Lipinski definition) is 0. The molecule has 0 rings (SSSR count). The second-order valence-electron chi connectivity index (χ2n) is 23.1. The molecule has 438 valence electrons. The van der Waals surface area contributed by atoms with Gasteiger partial charge in [0, 0.05) is 19.3 Å². The zero-order valence-corrected chi connectivity index (χ0v) is 50.4. The molecule has 0 aromatic carbocycles. The summed E-state index contributed by atoms with van der Waals surface area (Å²) in [4.78, 5) is 38.3. The minimum atomic E-state index is -0.769. The van der Waals surface area contributed by atoms with Gasteiger partial charge in [-0.1, -0.05) is 335 Å². The van der Waals surface area contributed by atoms with Crippen molar-refractivity contribution in [1.82, 2.24) is 0 Å². The van der Waals surface area contributed by atoms with E-state index in [4.69, 9.17) is 14.2 Å². The molecule has 0 heterocycles. The molecule has 0 bridgehead atoms. The van der Waals surface area contributed by atoms with Crippen LogP contribution in [0.25, 0.3) is 0 Å². The number of allylic oxidation sites excluding steroid dienone is 2. The Kier molecular flexibility index (Phi) is 62.1. The van der Waals surface area contributed by atoms with Crippen molar-refractivity contribution in [2.45, 2.75) is 393 Å². The maximum atomic E-state index is 12.9. The Bertz CT molecular complexity index is 1150. The Balaban J connectivity index is 4.24. The molecule has 1 unspecified atom stereocenters. The molecule has 0 N–H and O–H groups in total. The van der Waals surface area contributed by atoms with E-state index in [-0.39, 0.29) is 31.1 Å². The molecule has 74 heavy (non-hydrogen) atoms. The van der Waals surface area contributed by atoms with Crippen LogP contribution in [-0.4, -0.2) is 37.2 Å². The van der Waals surface area contributed by atoms with Crippen molar-refractivity contribution in [2.75, 3.05) is 13.2 Å². The van der Waals surface area contributed by atoms with Crippen LogP contribution < -0.4 is 0 Å². The third kappa shape index (κ3) is 61.0. The largest absolute Gasteiger partial charge is 0.462 e. The van der Waals surface area contributed by atoms with E-state index in [9.17, 15) is 14.4 Å². The van der Waals surface area contributed by atoms with E-state index in [0.717, 1.165) is 64.2 Å². The number of carbonyl (C=O) groups excluding carboxylic acids is 3. The van der Waals surface area contributed by atoms with E-state index in [1.807, 2.05) is 0 Å². The average Bonchev–Trinajstić information content (AvgIpc) is 3.40. The predicted molar refractivity (Wildman–Crippen MR) is 321 cm³/mol. The topological polar surface area (TPSA) is 78.9 Å². The Morgan fingerprint density at radius 1 is 0.257 bits per heavy atom. The van der Waals surface area contributed by atoms with Crippen LogP contribution in [0, 0.1) is 0 Å². The van der Waals surface area contributed by atoms with Crippen molar-refractivity contribution in [2.24, 2.45) is 0 Å². The fourth-order valence-corrected chi connectivity index (χ4v) is 10.4. The molecule has 0 fully saturated rings. The highest BCUT2D eigenvalue weighted by Gasteiger charge is 2.19. The van der Waals surface area contributed by atoms with Gasteiger partial charge in [0.05, 0.1) is 0 Å². The zero-order valence-electron chi connectivity index (χ0n) is 50.4. The van der Waals surface area contributed by atoms with Gasteiger partial charge in [-0.15, -0.1) is 0 Å². The number of esters is 3. The molecular formula is C68H130O6. The molecule has 0 radical (unpaired) electrons. The summed E-state index contributed by atoms with van der Waals surface area (Å²) in [5.74, 6) is -0.841. The molecule has 6 nitrogen and oxygen atoms in total. The Morgan fingerprint density at radius 2 is 0.446 bits per heavy atom. The third-order valence-electron chi connectivity index (χ3n) is 15.5. The fourth-order valence-electron chi connectivity index (χ4n) is 10.4. The third-order valence-corrected chi connectivity index (χ3v) is 15.5. The van der Waals surface area contributed by atoms with Crippen LogP contribution in [0.4, 0.5) is 0 Å². The van der Waals surface area contributed by atoms with Gasteiger partial charge in [-0.3, -0.25) is 14.4 Å². The maximum absolute atomic E-state index is 12.9. The molecule has 0 amide bonds. The summed E-state index contributed by atoms with van der Waals surface area (Å²) in [7, 11) is 0. The van der Waals surface area contributed by atoms with Gasteiger partial charge < -0.3 is 14.2 Å². The molecule has 1 atom stereocenters. The van der Waals surface area contributed by atoms with E-state index < -0.39 is 6.10 Å². The number of rotatable bonds is 63. The first kappa shape index (κ1) is 72.2. The standard InChI is InChI=1S/C68H130O6/c1-4-7-10-13-16-19-22-25-28-30-31-32-33-34-35-36-38-40-43-46-49-52-55-58-61-67(70)73-64-65(63-72-66(69)60-57-54-51-48-45-42-39-27-24-21-18-15-12-9-6-3)74-68(71)62-59-56-53-50-47-44-41-37-29-26-23-20-17-14-11-8-5-2/h27,39,65H,4-26,28-38,40-64H2,1-3H3/b39-27-. The maximum Gasteiger partial charge on any atom is 0.306 e. The molecule has 6 heteroatoms. The smallest absolute Gasteiger partial charge is 0.306 e. The predicted octanol–water partition coefficient (Wildman–Crippen LogP) is 22.8. The summed E-state index contributed by atoms with van der Waals surface area (Å²) in [5.41, 5.74) is 0. The van der Waals surface area contributed by atoms with E-state index in [2.05, 4.69) is 32.9 Å². The summed E-state index contributed by atoms with van der Waals surface area (Å²) in [5, 5.41) is 0. The first-order valence-electron chi connectivity index (χ1n) is 33.7. The molecule has 0 saturated carbocycles. The molecule has 0 aliphatic rings. The minimum absolute atomic E-state index is 0.0658. The van der Waals surface area contributed by atoms with Crippen LogP contribution in [0.1, 0.15) is 387 Å². The van der Waals surface area contributed by atoms with Gasteiger partial charge in [0.25, 0.3) is 0 Å². The summed E-state index contributed by atoms with van der Waals surface area (Å²) >= 11 is 0. The molecule has 0 aromatic heterocycles. The highest BCUT2D eigenvalue weighted by Crippen LogP contribution is 2.19. The number of ether oxygens (including phenoxy) is 3. The van der Waals surface area contributed by atoms with E-state index in [0.29, 0.717) is 19.3 Å². The summed E-state index contributed by atoms with van der Waals surface area (Å²) < 4.78 is 17.0. The van der Waals surface area contributed by atoms with Crippen molar-refractivity contribution in [3.8, 4) is 0 Å². The number of unbranched alkanes of at least 4 members (excludes halogenated alkanes) is 50. The quantitative estimate of drug-likeness (QED) is 0.0261. The summed E-state index contributed by atoms with van der Waals surface area (Å²) in [6, 6.07) is 0. The van der Waals surface area contributed by atoms with Crippen molar-refractivity contribution in [1.29, 1.82) is 0 Å². The lowest BCUT2D eigenvalue weighted by atomic mass is 10.0. The number of carbonyl (C=O) groups is 3. The highest BCUT2D eigenvalue weighted by molar-refractivity contribution is 5.71. The van der Waals surface area contributed by atoms with Gasteiger partial charge in [0.2, 0.25) is 0 Å². The van der Waals surface area contributed by atoms with Crippen LogP contribution in [0.15, 0.2) is 12.2 Å². The van der Waals surface area contributed by atoms with Crippen LogP contribution in [-0.2, 0) is 28.6 Å². The highest BCUT2D eigenvalue weighted by atomic mass is 16.6. The second kappa shape index (κ2) is 63.7. The monoisotopic (exact) mass is 1040 g/mol. The van der Waals surface area contributed by atoms with Crippen molar-refractivity contribution in [3.05, 3.63) is 12.2 Å². The second-order valence-corrected chi connectivity index (χ2v) is 23.1. The first-order valence-corrected chi connectivity index (χ1v) is 33.7. The lowest BCUT2D eigenvalue weighted by molar-refractivity contribution is -0.167. The lowest BCUT2D eigenvalue weighted by Gasteiger charge is -2.18. The van der Waals surface area contributed by atoms with Crippen LogP contribution in [0.5, 0.6) is 0 Å². The minimum Gasteiger partial charge on any atom is -0.462 e. The van der Waals surface area contributed by atoms with Crippen molar-refractivity contribution >= 4 is 17.9 Å². The molecule has 0 aliphatic heterocycles. The normalized spacial score (nSPS) is 12.0. The Labute approximate surface area is 462 Å². The number of hydrogen-bond acceptors (Lipinski definition) is 6. The van der Waals surface area contributed by atoms with Crippen molar-refractivity contribution in [3.63, 3.8) is 0 Å². The van der Waals surface area contributed by atoms with E-state index in [1.165, 1.54) is 283 Å². The van der Waals surface area contributed by atoms with Gasteiger partial charge >= 0.3 is 17.9 Å². The van der Waals surface area contributed by atoms with Crippen molar-refractivity contribution < 1.29 is 28.6 Å². The molecular weight excluding hydrogens is 913 g/mol. The van der Waals surface area contributed by atoms with E-state index >= 15 is 0 Å². The van der Waals surface area contributed by atoms with Gasteiger partial charge in [-0.25, -0.2) is 0 Å². The summed E-state index contributed by atoms with van der Waals surface area (Å²) in [6.45, 7) is 6.71. The zero-order chi connectivity index (χ0) is 53.6.